The first kappa shape index (κ1) is 10.4. The van der Waals surface area contributed by atoms with E-state index in [1.54, 1.807) is 0 Å². The van der Waals surface area contributed by atoms with Crippen LogP contribution in [0.3, 0.4) is 0 Å². The molecule has 0 saturated heterocycles. The van der Waals surface area contributed by atoms with Crippen molar-refractivity contribution in [1.82, 2.24) is 4.90 Å². The van der Waals surface area contributed by atoms with E-state index in [1.165, 1.54) is 38.6 Å². The Morgan fingerprint density at radius 2 is 1.86 bits per heavy atom. The van der Waals surface area contributed by atoms with Gasteiger partial charge in [-0.2, -0.15) is 0 Å². The minimum absolute atomic E-state index is 0.0463. The fraction of sp³-hybridized carbons (Fsp3) is 1.00. The molecule has 0 unspecified atom stereocenters. The van der Waals surface area contributed by atoms with E-state index in [9.17, 15) is 5.11 Å². The molecule has 2 saturated carbocycles. The maximum atomic E-state index is 9.85. The number of aliphatic hydroxyl groups excluding tert-OH is 1. The molecule has 2 aliphatic rings. The number of hydrogen-bond donors (Lipinski definition) is 1. The van der Waals surface area contributed by atoms with E-state index in [0.29, 0.717) is 6.04 Å². The van der Waals surface area contributed by atoms with E-state index >= 15 is 0 Å². The summed E-state index contributed by atoms with van der Waals surface area (Å²) < 4.78 is 0. The van der Waals surface area contributed by atoms with E-state index in [2.05, 4.69) is 11.8 Å². The zero-order valence-electron chi connectivity index (χ0n) is 9.28. The van der Waals surface area contributed by atoms with Gasteiger partial charge in [0.15, 0.2) is 0 Å². The van der Waals surface area contributed by atoms with Crippen molar-refractivity contribution in [2.75, 3.05) is 13.1 Å². The lowest BCUT2D eigenvalue weighted by Crippen LogP contribution is -2.43. The lowest BCUT2D eigenvalue weighted by atomic mass is 9.84. The third-order valence-corrected chi connectivity index (χ3v) is 4.04. The zero-order valence-corrected chi connectivity index (χ0v) is 9.28. The first-order chi connectivity index (χ1) is 6.81. The van der Waals surface area contributed by atoms with Crippen LogP contribution in [0.25, 0.3) is 0 Å². The highest BCUT2D eigenvalue weighted by Gasteiger charge is 2.31. The van der Waals surface area contributed by atoms with Gasteiger partial charge in [0.25, 0.3) is 0 Å². The van der Waals surface area contributed by atoms with Crippen molar-refractivity contribution >= 4 is 0 Å². The first-order valence-corrected chi connectivity index (χ1v) is 6.23. The molecule has 2 atom stereocenters. The average Bonchev–Trinajstić information content (AvgIpc) is 2.51. The molecule has 0 aromatic carbocycles. The van der Waals surface area contributed by atoms with Crippen LogP contribution in [0.5, 0.6) is 0 Å². The van der Waals surface area contributed by atoms with Crippen molar-refractivity contribution < 1.29 is 5.11 Å². The molecule has 0 bridgehead atoms. The quantitative estimate of drug-likeness (QED) is 0.745. The predicted octanol–water partition coefficient (Wildman–Crippen LogP) is 2.02. The number of aliphatic hydroxyl groups is 1. The second-order valence-corrected chi connectivity index (χ2v) is 4.95. The molecule has 0 aliphatic heterocycles. The van der Waals surface area contributed by atoms with Crippen LogP contribution in [-0.2, 0) is 0 Å². The highest BCUT2D eigenvalue weighted by Crippen LogP contribution is 2.30. The van der Waals surface area contributed by atoms with Crippen LogP contribution >= 0.6 is 0 Å². The molecular weight excluding hydrogens is 174 g/mol. The first-order valence-electron chi connectivity index (χ1n) is 6.23. The van der Waals surface area contributed by atoms with Gasteiger partial charge in [-0.15, -0.1) is 0 Å². The summed E-state index contributed by atoms with van der Waals surface area (Å²) in [7, 11) is 0. The van der Waals surface area contributed by atoms with Gasteiger partial charge in [0, 0.05) is 12.6 Å². The SMILES string of the molecule is CCN(CC1CCC1)[C@@H]1CCC[C@H]1O. The molecule has 0 radical (unpaired) electrons. The Balaban J connectivity index is 1.84. The summed E-state index contributed by atoms with van der Waals surface area (Å²) in [5, 5.41) is 9.85. The average molecular weight is 197 g/mol. The Morgan fingerprint density at radius 1 is 1.14 bits per heavy atom. The van der Waals surface area contributed by atoms with E-state index in [1.807, 2.05) is 0 Å². The van der Waals surface area contributed by atoms with Gasteiger partial charge in [-0.1, -0.05) is 13.3 Å². The van der Waals surface area contributed by atoms with Crippen molar-refractivity contribution in [1.29, 1.82) is 0 Å². The number of nitrogens with zero attached hydrogens (tertiary/aromatic N) is 1. The summed E-state index contributed by atoms with van der Waals surface area (Å²) >= 11 is 0. The van der Waals surface area contributed by atoms with Crippen molar-refractivity contribution in [2.24, 2.45) is 5.92 Å². The van der Waals surface area contributed by atoms with Crippen molar-refractivity contribution in [2.45, 2.75) is 57.6 Å². The van der Waals surface area contributed by atoms with Gasteiger partial charge in [-0.25, -0.2) is 0 Å². The van der Waals surface area contributed by atoms with Crippen molar-refractivity contribution in [3.63, 3.8) is 0 Å². The highest BCUT2D eigenvalue weighted by molar-refractivity contribution is 4.86. The minimum atomic E-state index is -0.0463. The second-order valence-electron chi connectivity index (χ2n) is 4.95. The van der Waals surface area contributed by atoms with Gasteiger partial charge < -0.3 is 5.11 Å². The predicted molar refractivity (Wildman–Crippen MR) is 58.2 cm³/mol. The van der Waals surface area contributed by atoms with Crippen LogP contribution in [0, 0.1) is 5.92 Å². The maximum Gasteiger partial charge on any atom is 0.0695 e. The van der Waals surface area contributed by atoms with Crippen LogP contribution in [0.4, 0.5) is 0 Å². The summed E-state index contributed by atoms with van der Waals surface area (Å²) in [6.45, 7) is 4.57. The van der Waals surface area contributed by atoms with E-state index in [4.69, 9.17) is 0 Å². The van der Waals surface area contributed by atoms with Gasteiger partial charge >= 0.3 is 0 Å². The summed E-state index contributed by atoms with van der Waals surface area (Å²) in [6.07, 6.45) is 7.66. The van der Waals surface area contributed by atoms with E-state index < -0.39 is 0 Å². The number of rotatable bonds is 4. The summed E-state index contributed by atoms with van der Waals surface area (Å²) in [6, 6.07) is 0.473. The molecule has 0 amide bonds. The minimum Gasteiger partial charge on any atom is -0.391 e. The zero-order chi connectivity index (χ0) is 9.97. The van der Waals surface area contributed by atoms with E-state index in [-0.39, 0.29) is 6.10 Å². The van der Waals surface area contributed by atoms with Gasteiger partial charge in [0.2, 0.25) is 0 Å². The van der Waals surface area contributed by atoms with Crippen LogP contribution in [0.15, 0.2) is 0 Å². The monoisotopic (exact) mass is 197 g/mol. The Bertz CT molecular complexity index is 179. The smallest absolute Gasteiger partial charge is 0.0695 e. The molecule has 82 valence electrons. The highest BCUT2D eigenvalue weighted by atomic mass is 16.3. The topological polar surface area (TPSA) is 23.5 Å². The van der Waals surface area contributed by atoms with Crippen LogP contribution in [-0.4, -0.2) is 35.2 Å². The Labute approximate surface area is 87.3 Å². The molecule has 14 heavy (non-hydrogen) atoms. The third kappa shape index (κ3) is 2.12. The van der Waals surface area contributed by atoms with Gasteiger partial charge in [-0.3, -0.25) is 4.90 Å². The molecule has 2 aliphatic carbocycles. The summed E-state index contributed by atoms with van der Waals surface area (Å²) in [4.78, 5) is 2.52. The molecule has 1 N–H and O–H groups in total. The van der Waals surface area contributed by atoms with Crippen LogP contribution in [0.1, 0.15) is 45.4 Å². The molecular formula is C12H23NO. The standard InChI is InChI=1S/C12H23NO/c1-2-13(9-10-5-3-6-10)11-7-4-8-12(11)14/h10-12,14H,2-9H2,1H3/t11-,12-/m1/s1. The van der Waals surface area contributed by atoms with Crippen LogP contribution in [0.2, 0.25) is 0 Å². The number of hydrogen-bond acceptors (Lipinski definition) is 2. The largest absolute Gasteiger partial charge is 0.391 e. The second kappa shape index (κ2) is 4.63. The fourth-order valence-corrected chi connectivity index (χ4v) is 2.85. The summed E-state index contributed by atoms with van der Waals surface area (Å²) in [5.41, 5.74) is 0. The van der Waals surface area contributed by atoms with Crippen LogP contribution < -0.4 is 0 Å². The molecule has 2 heteroatoms. The Morgan fingerprint density at radius 3 is 2.29 bits per heavy atom. The molecule has 0 aromatic rings. The van der Waals surface area contributed by atoms with Gasteiger partial charge in [-0.05, 0) is 44.6 Å². The van der Waals surface area contributed by atoms with Gasteiger partial charge in [0.05, 0.1) is 6.10 Å². The molecule has 0 aromatic heterocycles. The normalized spacial score (nSPS) is 33.6. The third-order valence-electron chi connectivity index (χ3n) is 4.04. The molecule has 2 nitrogen and oxygen atoms in total. The summed E-state index contributed by atoms with van der Waals surface area (Å²) in [5.74, 6) is 0.933. The van der Waals surface area contributed by atoms with Gasteiger partial charge in [0.1, 0.15) is 0 Å². The Hall–Kier alpha value is -0.0800. The molecule has 0 spiro atoms. The number of likely N-dealkylation sites (N-methyl/N-ethyl adjacent to an activating group) is 1. The van der Waals surface area contributed by atoms with Crippen molar-refractivity contribution in [3.8, 4) is 0 Å². The Kier molecular flexibility index (Phi) is 3.45. The van der Waals surface area contributed by atoms with Crippen molar-refractivity contribution in [3.05, 3.63) is 0 Å². The van der Waals surface area contributed by atoms with E-state index in [0.717, 1.165) is 18.9 Å². The molecule has 2 fully saturated rings. The lowest BCUT2D eigenvalue weighted by Gasteiger charge is -2.36. The maximum absolute atomic E-state index is 9.85. The molecule has 0 heterocycles. The fourth-order valence-electron chi connectivity index (χ4n) is 2.85. The molecule has 2 rings (SSSR count). The lowest BCUT2D eigenvalue weighted by molar-refractivity contribution is 0.0539.